The topological polar surface area (TPSA) is 0 Å². The third kappa shape index (κ3) is 1.98. The second kappa shape index (κ2) is 4.89. The van der Waals surface area contributed by atoms with Crippen LogP contribution < -0.4 is 0 Å². The minimum atomic E-state index is 0.412. The molecule has 0 heterocycles. The maximum absolute atomic E-state index is 6.14. The van der Waals surface area contributed by atoms with E-state index in [1.165, 1.54) is 40.3 Å². The molecule has 0 saturated heterocycles. The summed E-state index contributed by atoms with van der Waals surface area (Å²) in [6.45, 7) is 4.08. The number of benzene rings is 2. The number of fused-ring (bicyclic) bond motifs is 4. The Balaban J connectivity index is 2.05. The molecule has 0 spiro atoms. The van der Waals surface area contributed by atoms with Gasteiger partial charge in [0, 0.05) is 10.9 Å². The molecule has 0 aliphatic heterocycles. The Labute approximate surface area is 130 Å². The molecule has 0 radical (unpaired) electrons. The Morgan fingerprint density at radius 1 is 1.19 bits per heavy atom. The van der Waals surface area contributed by atoms with Crippen molar-refractivity contribution in [2.24, 2.45) is 0 Å². The maximum atomic E-state index is 6.14. The third-order valence-corrected chi connectivity index (χ3v) is 4.95. The van der Waals surface area contributed by atoms with Gasteiger partial charge in [-0.3, -0.25) is 0 Å². The summed E-state index contributed by atoms with van der Waals surface area (Å²) < 4.78 is 0. The van der Waals surface area contributed by atoms with Crippen molar-refractivity contribution in [1.82, 2.24) is 0 Å². The molecule has 2 aromatic rings. The summed E-state index contributed by atoms with van der Waals surface area (Å²) in [5.74, 6) is 0.412. The molecular weight excluding hydrogens is 276 g/mol. The summed E-state index contributed by atoms with van der Waals surface area (Å²) in [6, 6.07) is 10.7. The van der Waals surface area contributed by atoms with E-state index in [0.29, 0.717) is 5.92 Å². The van der Waals surface area contributed by atoms with Crippen molar-refractivity contribution in [2.75, 3.05) is 0 Å². The van der Waals surface area contributed by atoms with Crippen molar-refractivity contribution < 1.29 is 0 Å². The summed E-state index contributed by atoms with van der Waals surface area (Å²) in [4.78, 5) is 0. The Morgan fingerprint density at radius 2 is 2.10 bits per heavy atom. The molecule has 0 N–H and O–H groups in total. The van der Waals surface area contributed by atoms with Gasteiger partial charge in [0.15, 0.2) is 0 Å². The highest BCUT2D eigenvalue weighted by atomic mass is 35.5. The molecule has 2 aliphatic carbocycles. The molecule has 0 fully saturated rings. The number of halogens is 1. The minimum Gasteiger partial charge on any atom is -0.102 e. The van der Waals surface area contributed by atoms with E-state index in [4.69, 9.17) is 11.6 Å². The number of rotatable bonds is 1. The molecule has 2 aliphatic rings. The number of hydrogen-bond acceptors (Lipinski definition) is 0. The van der Waals surface area contributed by atoms with Crippen molar-refractivity contribution >= 4 is 27.9 Å². The van der Waals surface area contributed by atoms with Crippen LogP contribution in [0.3, 0.4) is 0 Å². The SMILES string of the molecule is C=CC1CC2=C(C=CCC2)c2ccc3cc(Cl)ccc3c21. The van der Waals surface area contributed by atoms with Crippen molar-refractivity contribution in [3.8, 4) is 0 Å². The normalized spacial score (nSPS) is 20.3. The Kier molecular flexibility index (Phi) is 3.01. The highest BCUT2D eigenvalue weighted by molar-refractivity contribution is 6.31. The van der Waals surface area contributed by atoms with E-state index >= 15 is 0 Å². The Bertz CT molecular complexity index is 808. The molecule has 104 valence electrons. The van der Waals surface area contributed by atoms with Crippen LogP contribution in [0.4, 0.5) is 0 Å². The second-order valence-corrected chi connectivity index (χ2v) is 6.33. The van der Waals surface area contributed by atoms with E-state index in [9.17, 15) is 0 Å². The summed E-state index contributed by atoms with van der Waals surface area (Å²) in [5, 5.41) is 3.33. The quantitative estimate of drug-likeness (QED) is 0.543. The summed E-state index contributed by atoms with van der Waals surface area (Å²) in [5.41, 5.74) is 5.82. The van der Waals surface area contributed by atoms with Gasteiger partial charge >= 0.3 is 0 Å². The number of allylic oxidation sites excluding steroid dienone is 5. The minimum absolute atomic E-state index is 0.412. The zero-order chi connectivity index (χ0) is 14.4. The predicted octanol–water partition coefficient (Wildman–Crippen LogP) is 6.27. The van der Waals surface area contributed by atoms with E-state index in [1.807, 2.05) is 6.07 Å². The lowest BCUT2D eigenvalue weighted by atomic mass is 9.74. The molecule has 1 heteroatoms. The van der Waals surface area contributed by atoms with Gasteiger partial charge in [0.05, 0.1) is 0 Å². The standard InChI is InChI=1S/C20H17Cl/c1-2-13-11-14-5-3-4-6-17(14)19-9-7-15-12-16(21)8-10-18(15)20(13)19/h2,4,6-10,12-13H,1,3,5,11H2. The van der Waals surface area contributed by atoms with Gasteiger partial charge in [-0.25, -0.2) is 0 Å². The Hall–Kier alpha value is -1.79. The van der Waals surface area contributed by atoms with Gasteiger partial charge in [0.1, 0.15) is 0 Å². The van der Waals surface area contributed by atoms with Gasteiger partial charge in [-0.15, -0.1) is 6.58 Å². The van der Waals surface area contributed by atoms with Crippen LogP contribution in [0.15, 0.2) is 60.7 Å². The fourth-order valence-corrected chi connectivity index (χ4v) is 3.91. The van der Waals surface area contributed by atoms with Crippen molar-refractivity contribution in [3.63, 3.8) is 0 Å². The summed E-state index contributed by atoms with van der Waals surface area (Å²) >= 11 is 6.14. The fraction of sp³-hybridized carbons (Fsp3) is 0.200. The van der Waals surface area contributed by atoms with Crippen LogP contribution >= 0.6 is 11.6 Å². The van der Waals surface area contributed by atoms with Crippen LogP contribution in [-0.4, -0.2) is 0 Å². The second-order valence-electron chi connectivity index (χ2n) is 5.90. The van der Waals surface area contributed by atoms with Crippen LogP contribution in [0, 0.1) is 0 Å². The van der Waals surface area contributed by atoms with Crippen LogP contribution in [0.25, 0.3) is 16.3 Å². The first-order chi connectivity index (χ1) is 10.3. The molecule has 0 bridgehead atoms. The lowest BCUT2D eigenvalue weighted by Gasteiger charge is -2.30. The van der Waals surface area contributed by atoms with E-state index in [2.05, 4.69) is 49.1 Å². The maximum Gasteiger partial charge on any atom is 0.0412 e. The predicted molar refractivity (Wildman–Crippen MR) is 91.8 cm³/mol. The van der Waals surface area contributed by atoms with Crippen molar-refractivity contribution in [3.05, 3.63) is 76.9 Å². The van der Waals surface area contributed by atoms with Crippen LogP contribution in [0.5, 0.6) is 0 Å². The Morgan fingerprint density at radius 3 is 2.95 bits per heavy atom. The van der Waals surface area contributed by atoms with Gasteiger partial charge in [-0.05, 0) is 58.9 Å². The average Bonchev–Trinajstić information content (AvgIpc) is 2.53. The molecule has 4 rings (SSSR count). The van der Waals surface area contributed by atoms with Gasteiger partial charge < -0.3 is 0 Å². The first-order valence-corrected chi connectivity index (χ1v) is 7.89. The van der Waals surface area contributed by atoms with E-state index < -0.39 is 0 Å². The average molecular weight is 293 g/mol. The van der Waals surface area contributed by atoms with E-state index in [0.717, 1.165) is 11.4 Å². The van der Waals surface area contributed by atoms with Gasteiger partial charge in [0.2, 0.25) is 0 Å². The highest BCUT2D eigenvalue weighted by Gasteiger charge is 2.26. The highest BCUT2D eigenvalue weighted by Crippen LogP contribution is 2.46. The largest absolute Gasteiger partial charge is 0.102 e. The summed E-state index contributed by atoms with van der Waals surface area (Å²) in [6.07, 6.45) is 10.2. The zero-order valence-corrected chi connectivity index (χ0v) is 12.7. The smallest absolute Gasteiger partial charge is 0.0412 e. The van der Waals surface area contributed by atoms with Gasteiger partial charge in [-0.1, -0.05) is 53.6 Å². The monoisotopic (exact) mass is 292 g/mol. The molecule has 0 aromatic heterocycles. The molecule has 0 amide bonds. The lowest BCUT2D eigenvalue weighted by Crippen LogP contribution is -2.11. The lowest BCUT2D eigenvalue weighted by molar-refractivity contribution is 0.764. The fourth-order valence-electron chi connectivity index (χ4n) is 3.73. The summed E-state index contributed by atoms with van der Waals surface area (Å²) in [7, 11) is 0. The molecule has 2 aromatic carbocycles. The van der Waals surface area contributed by atoms with Crippen LogP contribution in [-0.2, 0) is 0 Å². The first kappa shape index (κ1) is 12.9. The number of hydrogen-bond donors (Lipinski definition) is 0. The third-order valence-electron chi connectivity index (χ3n) is 4.71. The first-order valence-electron chi connectivity index (χ1n) is 7.51. The molecular formula is C20H17Cl. The van der Waals surface area contributed by atoms with Gasteiger partial charge in [-0.2, -0.15) is 0 Å². The van der Waals surface area contributed by atoms with Crippen LogP contribution in [0.2, 0.25) is 5.02 Å². The molecule has 21 heavy (non-hydrogen) atoms. The molecule has 0 saturated carbocycles. The molecule has 0 nitrogen and oxygen atoms in total. The van der Waals surface area contributed by atoms with Crippen molar-refractivity contribution in [2.45, 2.75) is 25.2 Å². The zero-order valence-electron chi connectivity index (χ0n) is 11.9. The van der Waals surface area contributed by atoms with E-state index in [-0.39, 0.29) is 0 Å². The molecule has 1 unspecified atom stereocenters. The van der Waals surface area contributed by atoms with Gasteiger partial charge in [0.25, 0.3) is 0 Å². The van der Waals surface area contributed by atoms with Crippen molar-refractivity contribution in [1.29, 1.82) is 0 Å². The molecule has 1 atom stereocenters. The van der Waals surface area contributed by atoms with Crippen LogP contribution in [0.1, 0.15) is 36.3 Å². The van der Waals surface area contributed by atoms with E-state index in [1.54, 1.807) is 5.57 Å².